The summed E-state index contributed by atoms with van der Waals surface area (Å²) in [6.07, 6.45) is 7.69. The molecule has 0 radical (unpaired) electrons. The summed E-state index contributed by atoms with van der Waals surface area (Å²) in [4.78, 5) is 4.13. The predicted molar refractivity (Wildman–Crippen MR) is 78.0 cm³/mol. The Hall–Kier alpha value is -2.16. The predicted octanol–water partition coefficient (Wildman–Crippen LogP) is 3.14. The fourth-order valence-corrected chi connectivity index (χ4v) is 1.34. The highest BCUT2D eigenvalue weighted by Crippen LogP contribution is 2.04. The molecule has 0 spiro atoms. The number of hydrogen-bond donors (Lipinski definition) is 2. The van der Waals surface area contributed by atoms with E-state index < -0.39 is 0 Å². The maximum Gasteiger partial charge on any atom is 0.132 e. The Labute approximate surface area is 108 Å². The summed E-state index contributed by atoms with van der Waals surface area (Å²) >= 11 is 0. The highest BCUT2D eigenvalue weighted by molar-refractivity contribution is 6.05. The van der Waals surface area contributed by atoms with Crippen LogP contribution in [0.1, 0.15) is 19.4 Å². The summed E-state index contributed by atoms with van der Waals surface area (Å²) < 4.78 is 0. The quantitative estimate of drug-likeness (QED) is 0.475. The van der Waals surface area contributed by atoms with Crippen LogP contribution in [0.3, 0.4) is 0 Å². The van der Waals surface area contributed by atoms with E-state index in [0.29, 0.717) is 5.84 Å². The van der Waals surface area contributed by atoms with Crippen LogP contribution >= 0.6 is 0 Å². The van der Waals surface area contributed by atoms with Crippen molar-refractivity contribution >= 4 is 11.7 Å². The lowest BCUT2D eigenvalue weighted by molar-refractivity contribution is 0.968. The first-order chi connectivity index (χ1) is 8.65. The smallest absolute Gasteiger partial charge is 0.132 e. The fourth-order valence-electron chi connectivity index (χ4n) is 1.34. The molecular weight excluding hydrogens is 222 g/mol. The second-order valence-electron chi connectivity index (χ2n) is 3.95. The van der Waals surface area contributed by atoms with Gasteiger partial charge in [-0.1, -0.05) is 61.6 Å². The van der Waals surface area contributed by atoms with E-state index >= 15 is 0 Å². The summed E-state index contributed by atoms with van der Waals surface area (Å²) in [6, 6.07) is 9.48. The van der Waals surface area contributed by atoms with Crippen molar-refractivity contribution in [3.63, 3.8) is 0 Å². The number of hydrogen-bond acceptors (Lipinski definition) is 1. The Kier molecular flexibility index (Phi) is 5.58. The molecule has 0 aliphatic heterocycles. The van der Waals surface area contributed by atoms with Gasteiger partial charge in [0.1, 0.15) is 11.7 Å². The van der Waals surface area contributed by atoms with Crippen molar-refractivity contribution in [2.45, 2.75) is 13.8 Å². The van der Waals surface area contributed by atoms with Crippen LogP contribution in [0.25, 0.3) is 0 Å². The van der Waals surface area contributed by atoms with Gasteiger partial charge in [0.15, 0.2) is 0 Å². The highest BCUT2D eigenvalue weighted by atomic mass is 14.9. The monoisotopic (exact) mass is 241 g/mol. The van der Waals surface area contributed by atoms with Crippen LogP contribution in [0, 0.1) is 11.3 Å². The topological polar surface area (TPSA) is 62.2 Å². The average Bonchev–Trinajstić information content (AvgIpc) is 2.39. The van der Waals surface area contributed by atoms with Gasteiger partial charge in [-0.2, -0.15) is 0 Å². The lowest BCUT2D eigenvalue weighted by Crippen LogP contribution is -2.17. The fraction of sp³-hybridized carbons (Fsp3) is 0.200. The Morgan fingerprint density at radius 3 is 2.56 bits per heavy atom. The third-order valence-electron chi connectivity index (χ3n) is 2.45. The Morgan fingerprint density at radius 1 is 1.28 bits per heavy atom. The van der Waals surface area contributed by atoms with Crippen molar-refractivity contribution in [1.82, 2.24) is 0 Å². The van der Waals surface area contributed by atoms with E-state index in [1.54, 1.807) is 0 Å². The molecule has 1 aromatic carbocycles. The van der Waals surface area contributed by atoms with Gasteiger partial charge in [0.05, 0.1) is 0 Å². The van der Waals surface area contributed by atoms with Gasteiger partial charge in [0, 0.05) is 11.5 Å². The second-order valence-corrected chi connectivity index (χ2v) is 3.95. The summed E-state index contributed by atoms with van der Waals surface area (Å²) in [5.41, 5.74) is 6.70. The van der Waals surface area contributed by atoms with Crippen molar-refractivity contribution < 1.29 is 0 Å². The van der Waals surface area contributed by atoms with Gasteiger partial charge in [-0.3, -0.25) is 5.41 Å². The standard InChI is InChI=1S/C15H19N3/c1-3-4-6-9-12(2)14(16)18-15(17)13-10-7-5-8-11-13/h3-12H,1-2H3,(H3,16,17,18)/b4-3-,9-6-. The first kappa shape index (κ1) is 13.9. The van der Waals surface area contributed by atoms with Crippen LogP contribution in [0.4, 0.5) is 0 Å². The van der Waals surface area contributed by atoms with Crippen molar-refractivity contribution in [1.29, 1.82) is 5.41 Å². The maximum absolute atomic E-state index is 7.87. The first-order valence-corrected chi connectivity index (χ1v) is 5.92. The van der Waals surface area contributed by atoms with Gasteiger partial charge >= 0.3 is 0 Å². The molecule has 0 aliphatic carbocycles. The molecule has 0 saturated heterocycles. The van der Waals surface area contributed by atoms with E-state index in [2.05, 4.69) is 4.99 Å². The van der Waals surface area contributed by atoms with E-state index in [1.807, 2.05) is 68.5 Å². The summed E-state index contributed by atoms with van der Waals surface area (Å²) in [5, 5.41) is 7.87. The lowest BCUT2D eigenvalue weighted by atomic mass is 10.1. The molecule has 0 aliphatic rings. The minimum atomic E-state index is -0.0523. The zero-order chi connectivity index (χ0) is 13.4. The van der Waals surface area contributed by atoms with Crippen molar-refractivity contribution in [2.75, 3.05) is 0 Å². The molecule has 0 fully saturated rings. The zero-order valence-corrected chi connectivity index (χ0v) is 10.8. The SMILES string of the molecule is C/C=C\C=C/C(C)C(=N)/N=C(\N)c1ccccc1. The largest absolute Gasteiger partial charge is 0.383 e. The minimum absolute atomic E-state index is 0.0523. The number of benzene rings is 1. The van der Waals surface area contributed by atoms with Crippen LogP contribution in [-0.2, 0) is 0 Å². The Morgan fingerprint density at radius 2 is 1.94 bits per heavy atom. The molecule has 0 saturated carbocycles. The molecule has 0 amide bonds. The molecule has 18 heavy (non-hydrogen) atoms. The molecule has 94 valence electrons. The number of nitrogens with two attached hydrogens (primary N) is 1. The maximum atomic E-state index is 7.87. The molecule has 1 aromatic rings. The second kappa shape index (κ2) is 7.22. The summed E-state index contributed by atoms with van der Waals surface area (Å²) in [7, 11) is 0. The van der Waals surface area contributed by atoms with Gasteiger partial charge < -0.3 is 5.73 Å². The molecule has 0 heterocycles. The molecule has 0 aromatic heterocycles. The van der Waals surface area contributed by atoms with Crippen LogP contribution < -0.4 is 5.73 Å². The van der Waals surface area contributed by atoms with Gasteiger partial charge in [0.2, 0.25) is 0 Å². The first-order valence-electron chi connectivity index (χ1n) is 5.92. The minimum Gasteiger partial charge on any atom is -0.383 e. The van der Waals surface area contributed by atoms with Crippen molar-refractivity contribution in [3.05, 3.63) is 60.2 Å². The van der Waals surface area contributed by atoms with E-state index in [0.717, 1.165) is 5.56 Å². The molecule has 3 heteroatoms. The van der Waals surface area contributed by atoms with Gasteiger partial charge in [0.25, 0.3) is 0 Å². The zero-order valence-electron chi connectivity index (χ0n) is 10.8. The third kappa shape index (κ3) is 4.37. The normalized spacial score (nSPS) is 14.2. The lowest BCUT2D eigenvalue weighted by Gasteiger charge is -2.05. The van der Waals surface area contributed by atoms with Gasteiger partial charge in [-0.25, -0.2) is 4.99 Å². The van der Waals surface area contributed by atoms with Crippen molar-refractivity contribution in [3.8, 4) is 0 Å². The number of nitrogens with zero attached hydrogens (tertiary/aromatic N) is 1. The number of allylic oxidation sites excluding steroid dienone is 3. The number of nitrogens with one attached hydrogen (secondary N) is 1. The van der Waals surface area contributed by atoms with E-state index in [-0.39, 0.29) is 11.8 Å². The Balaban J connectivity index is 2.74. The molecule has 1 atom stereocenters. The van der Waals surface area contributed by atoms with Gasteiger partial charge in [-0.15, -0.1) is 0 Å². The van der Waals surface area contributed by atoms with Crippen LogP contribution in [-0.4, -0.2) is 11.7 Å². The van der Waals surface area contributed by atoms with E-state index in [4.69, 9.17) is 11.1 Å². The Bertz CT molecular complexity index is 470. The molecule has 3 nitrogen and oxygen atoms in total. The third-order valence-corrected chi connectivity index (χ3v) is 2.45. The summed E-state index contributed by atoms with van der Waals surface area (Å²) in [6.45, 7) is 3.87. The molecule has 3 N–H and O–H groups in total. The van der Waals surface area contributed by atoms with Gasteiger partial charge in [-0.05, 0) is 6.92 Å². The number of aliphatic imine (C=N–C) groups is 1. The molecule has 1 rings (SSSR count). The molecule has 0 bridgehead atoms. The number of amidine groups is 2. The van der Waals surface area contributed by atoms with E-state index in [9.17, 15) is 0 Å². The highest BCUT2D eigenvalue weighted by Gasteiger charge is 2.05. The van der Waals surface area contributed by atoms with Crippen LogP contribution in [0.5, 0.6) is 0 Å². The average molecular weight is 241 g/mol. The molecular formula is C15H19N3. The van der Waals surface area contributed by atoms with Crippen molar-refractivity contribution in [2.24, 2.45) is 16.6 Å². The molecule has 1 unspecified atom stereocenters. The van der Waals surface area contributed by atoms with Crippen LogP contribution in [0.2, 0.25) is 0 Å². The number of rotatable bonds is 4. The summed E-state index contributed by atoms with van der Waals surface area (Å²) in [5.74, 6) is 0.590. The van der Waals surface area contributed by atoms with Crippen LogP contribution in [0.15, 0.2) is 59.6 Å². The van der Waals surface area contributed by atoms with E-state index in [1.165, 1.54) is 0 Å².